The van der Waals surface area contributed by atoms with Crippen molar-refractivity contribution in [1.29, 1.82) is 0 Å². The first-order valence-corrected chi connectivity index (χ1v) is 7.35. The Hall–Kier alpha value is -2.70. The van der Waals surface area contributed by atoms with Gasteiger partial charge in [-0.25, -0.2) is 4.39 Å². The Morgan fingerprint density at radius 1 is 1.52 bits per heavy atom. The van der Waals surface area contributed by atoms with Crippen LogP contribution in [0, 0.1) is 12.7 Å². The number of benzene rings is 1. The predicted octanol–water partition coefficient (Wildman–Crippen LogP) is 2.75. The Balaban J connectivity index is 1.91. The molecule has 120 valence electrons. The molecule has 0 spiro atoms. The maximum atomic E-state index is 13.5. The van der Waals surface area contributed by atoms with Crippen LogP contribution in [0.1, 0.15) is 36.1 Å². The van der Waals surface area contributed by atoms with E-state index in [9.17, 15) is 14.0 Å². The molecule has 0 saturated heterocycles. The molecule has 6 nitrogen and oxygen atoms in total. The van der Waals surface area contributed by atoms with Gasteiger partial charge >= 0.3 is 0 Å². The van der Waals surface area contributed by atoms with E-state index in [4.69, 9.17) is 4.52 Å². The van der Waals surface area contributed by atoms with Crippen LogP contribution in [0.3, 0.4) is 0 Å². The van der Waals surface area contributed by atoms with Gasteiger partial charge in [0.1, 0.15) is 5.82 Å². The molecule has 23 heavy (non-hydrogen) atoms. The molecule has 7 heteroatoms. The molecule has 0 aliphatic carbocycles. The Kier molecular flexibility index (Phi) is 3.85. The maximum Gasteiger partial charge on any atom is 0.234 e. The van der Waals surface area contributed by atoms with E-state index >= 15 is 0 Å². The molecule has 2 heterocycles. The van der Waals surface area contributed by atoms with Crippen molar-refractivity contribution in [3.05, 3.63) is 40.8 Å². The van der Waals surface area contributed by atoms with Crippen molar-refractivity contribution in [3.8, 4) is 0 Å². The summed E-state index contributed by atoms with van der Waals surface area (Å²) in [7, 11) is 0. The molecule has 1 atom stereocenters. The molecular formula is C16H16FN3O3. The van der Waals surface area contributed by atoms with E-state index in [1.807, 2.05) is 6.92 Å². The molecular weight excluding hydrogens is 301 g/mol. The third kappa shape index (κ3) is 2.81. The third-order valence-corrected chi connectivity index (χ3v) is 3.94. The molecule has 0 saturated carbocycles. The molecule has 2 aromatic rings. The van der Waals surface area contributed by atoms with Crippen molar-refractivity contribution in [2.45, 2.75) is 32.6 Å². The predicted molar refractivity (Wildman–Crippen MR) is 81.6 cm³/mol. The molecule has 0 radical (unpaired) electrons. The quantitative estimate of drug-likeness (QED) is 0.911. The molecule has 0 bridgehead atoms. The van der Waals surface area contributed by atoms with Gasteiger partial charge in [0.25, 0.3) is 0 Å². The number of nitrogens with one attached hydrogen (secondary N) is 2. The van der Waals surface area contributed by atoms with Gasteiger partial charge in [0.2, 0.25) is 17.7 Å². The number of fused-ring (bicyclic) bond motifs is 1. The minimum absolute atomic E-state index is 0.0448. The number of hydrogen-bond donors (Lipinski definition) is 2. The number of aryl methyl sites for hydroxylation is 1. The van der Waals surface area contributed by atoms with E-state index in [1.165, 1.54) is 18.2 Å². The Morgan fingerprint density at radius 3 is 3.04 bits per heavy atom. The van der Waals surface area contributed by atoms with E-state index in [0.717, 1.165) is 5.56 Å². The Bertz CT molecular complexity index is 785. The zero-order valence-corrected chi connectivity index (χ0v) is 12.8. The smallest absolute Gasteiger partial charge is 0.234 e. The molecule has 1 aliphatic rings. The lowest BCUT2D eigenvalue weighted by molar-refractivity contribution is -0.123. The van der Waals surface area contributed by atoms with Crippen molar-refractivity contribution in [2.24, 2.45) is 0 Å². The first-order chi connectivity index (χ1) is 11.0. The Labute approximate surface area is 132 Å². The zero-order chi connectivity index (χ0) is 16.6. The number of anilines is 2. The van der Waals surface area contributed by atoms with Gasteiger partial charge in [-0.3, -0.25) is 14.9 Å². The van der Waals surface area contributed by atoms with Gasteiger partial charge < -0.3 is 9.84 Å². The monoisotopic (exact) mass is 317 g/mol. The van der Waals surface area contributed by atoms with Crippen LogP contribution in [0.4, 0.5) is 16.0 Å². The molecule has 1 unspecified atom stereocenters. The van der Waals surface area contributed by atoms with E-state index < -0.39 is 17.6 Å². The zero-order valence-electron chi connectivity index (χ0n) is 12.8. The van der Waals surface area contributed by atoms with Gasteiger partial charge in [-0.2, -0.15) is 0 Å². The molecule has 2 N–H and O–H groups in total. The highest BCUT2D eigenvalue weighted by Crippen LogP contribution is 2.34. The number of aromatic nitrogens is 1. The van der Waals surface area contributed by atoms with Gasteiger partial charge in [-0.1, -0.05) is 12.1 Å². The van der Waals surface area contributed by atoms with Crippen molar-refractivity contribution >= 4 is 23.4 Å². The summed E-state index contributed by atoms with van der Waals surface area (Å²) in [6, 6.07) is 3.97. The number of nitrogens with zero attached hydrogens (tertiary/aromatic N) is 1. The standard InChI is InChI=1S/C16H16FN3O3/c1-3-10-8(2)20-23-16(10)19-15(22)12-7-14(21)18-13-5-4-9(17)6-11(12)13/h4-6,12H,3,7H2,1-2H3,(H,18,21)(H,19,22). The molecule has 3 rings (SSSR count). The molecule has 0 fully saturated rings. The van der Waals surface area contributed by atoms with Crippen LogP contribution < -0.4 is 10.6 Å². The minimum Gasteiger partial charge on any atom is -0.338 e. The highest BCUT2D eigenvalue weighted by Gasteiger charge is 2.32. The van der Waals surface area contributed by atoms with Crippen molar-refractivity contribution in [3.63, 3.8) is 0 Å². The summed E-state index contributed by atoms with van der Waals surface area (Å²) in [5.41, 5.74) is 2.41. The molecule has 1 aromatic carbocycles. The van der Waals surface area contributed by atoms with E-state index in [0.29, 0.717) is 23.4 Å². The fourth-order valence-electron chi connectivity index (χ4n) is 2.77. The number of halogens is 1. The van der Waals surface area contributed by atoms with E-state index in [2.05, 4.69) is 15.8 Å². The maximum absolute atomic E-state index is 13.5. The van der Waals surface area contributed by atoms with Crippen LogP contribution in [0.25, 0.3) is 0 Å². The average molecular weight is 317 g/mol. The van der Waals surface area contributed by atoms with Crippen LogP contribution in [0.15, 0.2) is 22.7 Å². The number of rotatable bonds is 3. The fourth-order valence-corrected chi connectivity index (χ4v) is 2.77. The topological polar surface area (TPSA) is 84.2 Å². The lowest BCUT2D eigenvalue weighted by Gasteiger charge is -2.24. The second-order valence-corrected chi connectivity index (χ2v) is 5.45. The normalized spacial score (nSPS) is 16.7. The molecule has 1 aliphatic heterocycles. The number of hydrogen-bond acceptors (Lipinski definition) is 4. The van der Waals surface area contributed by atoms with E-state index in [-0.39, 0.29) is 18.2 Å². The van der Waals surface area contributed by atoms with Gasteiger partial charge in [-0.15, -0.1) is 0 Å². The van der Waals surface area contributed by atoms with Crippen LogP contribution in [0.5, 0.6) is 0 Å². The lowest BCUT2D eigenvalue weighted by atomic mass is 9.89. The molecule has 1 aromatic heterocycles. The van der Waals surface area contributed by atoms with Gasteiger partial charge in [0.05, 0.1) is 11.6 Å². The van der Waals surface area contributed by atoms with Crippen molar-refractivity contribution < 1.29 is 18.5 Å². The second-order valence-electron chi connectivity index (χ2n) is 5.45. The highest BCUT2D eigenvalue weighted by atomic mass is 19.1. The minimum atomic E-state index is -0.774. The summed E-state index contributed by atoms with van der Waals surface area (Å²) in [4.78, 5) is 24.3. The van der Waals surface area contributed by atoms with Crippen LogP contribution in [-0.4, -0.2) is 17.0 Å². The number of carbonyl (C=O) groups excluding carboxylic acids is 2. The van der Waals surface area contributed by atoms with Gasteiger partial charge in [-0.05, 0) is 37.1 Å². The van der Waals surface area contributed by atoms with E-state index in [1.54, 1.807) is 6.92 Å². The highest BCUT2D eigenvalue weighted by molar-refractivity contribution is 6.04. The largest absolute Gasteiger partial charge is 0.338 e. The average Bonchev–Trinajstić information content (AvgIpc) is 2.86. The third-order valence-electron chi connectivity index (χ3n) is 3.94. The number of amides is 2. The summed E-state index contributed by atoms with van der Waals surface area (Å²) >= 11 is 0. The summed E-state index contributed by atoms with van der Waals surface area (Å²) < 4.78 is 18.6. The van der Waals surface area contributed by atoms with Gasteiger partial charge in [0, 0.05) is 17.7 Å². The van der Waals surface area contributed by atoms with Crippen molar-refractivity contribution in [2.75, 3.05) is 10.6 Å². The lowest BCUT2D eigenvalue weighted by Crippen LogP contribution is -2.31. The summed E-state index contributed by atoms with van der Waals surface area (Å²) in [5, 5.41) is 9.13. The number of carbonyl (C=O) groups is 2. The van der Waals surface area contributed by atoms with Crippen LogP contribution >= 0.6 is 0 Å². The van der Waals surface area contributed by atoms with Crippen LogP contribution in [-0.2, 0) is 16.0 Å². The SMILES string of the molecule is CCc1c(C)noc1NC(=O)C1CC(=O)Nc2ccc(F)cc21. The second kappa shape index (κ2) is 5.83. The first-order valence-electron chi connectivity index (χ1n) is 7.35. The summed E-state index contributed by atoms with van der Waals surface area (Å²) in [5.74, 6) is -1.66. The van der Waals surface area contributed by atoms with Gasteiger partial charge in [0.15, 0.2) is 0 Å². The van der Waals surface area contributed by atoms with Crippen LogP contribution in [0.2, 0.25) is 0 Å². The molecule has 2 amide bonds. The summed E-state index contributed by atoms with van der Waals surface area (Å²) in [6.45, 7) is 3.71. The van der Waals surface area contributed by atoms with Crippen molar-refractivity contribution in [1.82, 2.24) is 5.16 Å². The Morgan fingerprint density at radius 2 is 2.30 bits per heavy atom. The fraction of sp³-hybridized carbons (Fsp3) is 0.312. The first kappa shape index (κ1) is 15.2. The summed E-state index contributed by atoms with van der Waals surface area (Å²) in [6.07, 6.45) is 0.609.